The van der Waals surface area contributed by atoms with Crippen LogP contribution in [0.2, 0.25) is 0 Å². The molecule has 108 valence electrons. The molecule has 0 saturated carbocycles. The molecule has 0 unspecified atom stereocenters. The van der Waals surface area contributed by atoms with Gasteiger partial charge in [-0.1, -0.05) is 18.2 Å². The molecule has 0 bridgehead atoms. The zero-order chi connectivity index (χ0) is 15.4. The molecule has 0 heterocycles. The lowest BCUT2D eigenvalue weighted by Crippen LogP contribution is -2.34. The number of anilines is 1. The molecule has 0 aromatic heterocycles. The number of benzene rings is 2. The number of carbonyl (C=O) groups is 1. The van der Waals surface area contributed by atoms with E-state index >= 15 is 0 Å². The fourth-order valence-corrected chi connectivity index (χ4v) is 2.73. The fourth-order valence-electron chi connectivity index (χ4n) is 1.63. The number of nitrogens with one attached hydrogen (secondary N) is 2. The van der Waals surface area contributed by atoms with Crippen molar-refractivity contribution < 1.29 is 4.79 Å². The highest BCUT2D eigenvalue weighted by molar-refractivity contribution is 14.1. The smallest absolute Gasteiger partial charge is 0.257 e. The molecule has 0 spiro atoms. The van der Waals surface area contributed by atoms with Gasteiger partial charge in [-0.15, -0.1) is 0 Å². The van der Waals surface area contributed by atoms with Crippen LogP contribution in [0.5, 0.6) is 0 Å². The van der Waals surface area contributed by atoms with Crippen LogP contribution in [-0.2, 0) is 0 Å². The zero-order valence-corrected chi connectivity index (χ0v) is 15.7. The maximum atomic E-state index is 12.1. The van der Waals surface area contributed by atoms with Crippen molar-refractivity contribution in [3.63, 3.8) is 0 Å². The van der Waals surface area contributed by atoms with Crippen molar-refractivity contribution >= 4 is 67.4 Å². The number of amides is 1. The molecule has 0 saturated heterocycles. The van der Waals surface area contributed by atoms with Crippen molar-refractivity contribution in [2.75, 3.05) is 5.32 Å². The van der Waals surface area contributed by atoms with Gasteiger partial charge in [0.1, 0.15) is 0 Å². The number of rotatable bonds is 2. The van der Waals surface area contributed by atoms with Crippen molar-refractivity contribution in [3.05, 3.63) is 61.6 Å². The van der Waals surface area contributed by atoms with Crippen LogP contribution in [0.3, 0.4) is 0 Å². The highest BCUT2D eigenvalue weighted by Crippen LogP contribution is 2.21. The molecule has 2 N–H and O–H groups in total. The van der Waals surface area contributed by atoms with Crippen LogP contribution in [0, 0.1) is 10.5 Å². The van der Waals surface area contributed by atoms with E-state index in [2.05, 4.69) is 49.2 Å². The van der Waals surface area contributed by atoms with E-state index in [-0.39, 0.29) is 11.0 Å². The first-order chi connectivity index (χ1) is 9.97. The standard InChI is InChI=1S/C15H12BrIN2OS/c1-9-6-7-10(8-12(9)17)14(20)19-15(21)18-13-5-3-2-4-11(13)16/h2-8H,1H3,(H2,18,19,20,21). The Morgan fingerprint density at radius 2 is 1.95 bits per heavy atom. The maximum absolute atomic E-state index is 12.1. The van der Waals surface area contributed by atoms with E-state index in [0.29, 0.717) is 5.56 Å². The van der Waals surface area contributed by atoms with E-state index in [0.717, 1.165) is 19.3 Å². The topological polar surface area (TPSA) is 41.1 Å². The van der Waals surface area contributed by atoms with E-state index in [4.69, 9.17) is 12.2 Å². The Morgan fingerprint density at radius 3 is 2.62 bits per heavy atom. The van der Waals surface area contributed by atoms with Gasteiger partial charge in [-0.3, -0.25) is 10.1 Å². The van der Waals surface area contributed by atoms with Crippen molar-refractivity contribution in [2.24, 2.45) is 0 Å². The first-order valence-corrected chi connectivity index (χ1v) is 8.38. The summed E-state index contributed by atoms with van der Waals surface area (Å²) in [6.07, 6.45) is 0. The SMILES string of the molecule is Cc1ccc(C(=O)NC(=S)Nc2ccccc2Br)cc1I. The number of hydrogen-bond donors (Lipinski definition) is 2. The molecule has 0 fully saturated rings. The summed E-state index contributed by atoms with van der Waals surface area (Å²) < 4.78 is 1.93. The Kier molecular flexibility index (Phi) is 5.72. The Labute approximate surface area is 150 Å². The number of halogens is 2. The first kappa shape index (κ1) is 16.4. The van der Waals surface area contributed by atoms with Crippen LogP contribution < -0.4 is 10.6 Å². The van der Waals surface area contributed by atoms with Crippen LogP contribution in [-0.4, -0.2) is 11.0 Å². The number of aryl methyl sites for hydroxylation is 1. The lowest BCUT2D eigenvalue weighted by molar-refractivity contribution is 0.0977. The number of para-hydroxylation sites is 1. The number of thiocarbonyl (C=S) groups is 1. The van der Waals surface area contributed by atoms with Crippen molar-refractivity contribution in [2.45, 2.75) is 6.92 Å². The van der Waals surface area contributed by atoms with E-state index in [1.54, 1.807) is 6.07 Å². The number of hydrogen-bond acceptors (Lipinski definition) is 2. The van der Waals surface area contributed by atoms with Gasteiger partial charge >= 0.3 is 0 Å². The van der Waals surface area contributed by atoms with E-state index in [1.807, 2.05) is 43.3 Å². The largest absolute Gasteiger partial charge is 0.331 e. The van der Waals surface area contributed by atoms with Crippen LogP contribution in [0.1, 0.15) is 15.9 Å². The molecule has 21 heavy (non-hydrogen) atoms. The summed E-state index contributed by atoms with van der Waals surface area (Å²) in [6.45, 7) is 2.00. The lowest BCUT2D eigenvalue weighted by atomic mass is 10.1. The summed E-state index contributed by atoms with van der Waals surface area (Å²) in [5, 5.41) is 5.93. The van der Waals surface area contributed by atoms with Gasteiger partial charge in [0.2, 0.25) is 0 Å². The monoisotopic (exact) mass is 474 g/mol. The minimum Gasteiger partial charge on any atom is -0.331 e. The van der Waals surface area contributed by atoms with Gasteiger partial charge in [-0.2, -0.15) is 0 Å². The molecule has 0 aliphatic rings. The van der Waals surface area contributed by atoms with Gasteiger partial charge in [0.05, 0.1) is 5.69 Å². The normalized spacial score (nSPS) is 10.0. The summed E-state index contributed by atoms with van der Waals surface area (Å²) in [5.74, 6) is -0.225. The van der Waals surface area contributed by atoms with Gasteiger partial charge in [-0.05, 0) is 87.5 Å². The third-order valence-corrected chi connectivity index (χ3v) is 4.84. The van der Waals surface area contributed by atoms with Crippen molar-refractivity contribution in [1.82, 2.24) is 5.32 Å². The van der Waals surface area contributed by atoms with Gasteiger partial charge in [0.15, 0.2) is 5.11 Å². The first-order valence-electron chi connectivity index (χ1n) is 6.10. The Balaban J connectivity index is 2.04. The Bertz CT molecular complexity index is 706. The second-order valence-electron chi connectivity index (χ2n) is 4.35. The highest BCUT2D eigenvalue weighted by atomic mass is 127. The summed E-state index contributed by atoms with van der Waals surface area (Å²) in [6, 6.07) is 13.1. The second-order valence-corrected chi connectivity index (χ2v) is 6.78. The summed E-state index contributed by atoms with van der Waals surface area (Å²) in [7, 11) is 0. The summed E-state index contributed by atoms with van der Waals surface area (Å²) in [4.78, 5) is 12.1. The average molecular weight is 475 g/mol. The van der Waals surface area contributed by atoms with E-state index in [9.17, 15) is 4.79 Å². The minimum atomic E-state index is -0.225. The van der Waals surface area contributed by atoms with E-state index in [1.165, 1.54) is 0 Å². The molecule has 2 rings (SSSR count). The van der Waals surface area contributed by atoms with Gasteiger partial charge in [0.25, 0.3) is 5.91 Å². The maximum Gasteiger partial charge on any atom is 0.257 e. The predicted molar refractivity (Wildman–Crippen MR) is 102 cm³/mol. The third-order valence-electron chi connectivity index (χ3n) is 2.78. The molecule has 2 aromatic carbocycles. The second kappa shape index (κ2) is 7.33. The highest BCUT2D eigenvalue weighted by Gasteiger charge is 2.10. The van der Waals surface area contributed by atoms with Gasteiger partial charge < -0.3 is 5.32 Å². The van der Waals surface area contributed by atoms with Crippen LogP contribution in [0.25, 0.3) is 0 Å². The molecule has 2 aromatic rings. The van der Waals surface area contributed by atoms with Crippen LogP contribution in [0.15, 0.2) is 46.9 Å². The Morgan fingerprint density at radius 1 is 1.24 bits per heavy atom. The fraction of sp³-hybridized carbons (Fsp3) is 0.0667. The molecule has 1 amide bonds. The lowest BCUT2D eigenvalue weighted by Gasteiger charge is -2.11. The molecule has 0 radical (unpaired) electrons. The molecule has 0 aliphatic heterocycles. The van der Waals surface area contributed by atoms with Crippen LogP contribution >= 0.6 is 50.7 Å². The number of carbonyl (C=O) groups excluding carboxylic acids is 1. The summed E-state index contributed by atoms with van der Waals surface area (Å²) >= 11 is 10.8. The quantitative estimate of drug-likeness (QED) is 0.497. The minimum absolute atomic E-state index is 0.225. The molecule has 0 atom stereocenters. The third kappa shape index (κ3) is 4.49. The molecule has 6 heteroatoms. The molecular formula is C15H12BrIN2OS. The van der Waals surface area contributed by atoms with Gasteiger partial charge in [0, 0.05) is 13.6 Å². The molecular weight excluding hydrogens is 463 g/mol. The van der Waals surface area contributed by atoms with E-state index < -0.39 is 0 Å². The van der Waals surface area contributed by atoms with Crippen LogP contribution in [0.4, 0.5) is 5.69 Å². The predicted octanol–water partition coefficient (Wildman–Crippen LogP) is 4.49. The van der Waals surface area contributed by atoms with Crippen molar-refractivity contribution in [3.8, 4) is 0 Å². The average Bonchev–Trinajstić information content (AvgIpc) is 2.44. The Hall–Kier alpha value is -0.990. The zero-order valence-electron chi connectivity index (χ0n) is 11.1. The molecule has 3 nitrogen and oxygen atoms in total. The molecule has 0 aliphatic carbocycles. The van der Waals surface area contributed by atoms with Gasteiger partial charge in [-0.25, -0.2) is 0 Å². The summed E-state index contributed by atoms with van der Waals surface area (Å²) in [5.41, 5.74) is 2.53. The van der Waals surface area contributed by atoms with Crippen molar-refractivity contribution in [1.29, 1.82) is 0 Å².